The lowest BCUT2D eigenvalue weighted by atomic mass is 10.2. The van der Waals surface area contributed by atoms with Crippen molar-refractivity contribution >= 4 is 34.9 Å². The van der Waals surface area contributed by atoms with Crippen LogP contribution in [0.2, 0.25) is 10.0 Å². The first kappa shape index (κ1) is 14.6. The summed E-state index contributed by atoms with van der Waals surface area (Å²) in [4.78, 5) is 11.8. The van der Waals surface area contributed by atoms with Crippen molar-refractivity contribution in [2.75, 3.05) is 5.73 Å². The molecular formula is C14H10Cl2FNO2. The van der Waals surface area contributed by atoms with Gasteiger partial charge in [-0.25, -0.2) is 9.18 Å². The standard InChI is InChI=1S/C14H10Cl2FNO2/c15-10-2-3-11(16)9(5-10)7-20-14(19)8-1-4-12(17)13(18)6-8/h1-6H,7,18H2. The van der Waals surface area contributed by atoms with Gasteiger partial charge >= 0.3 is 5.97 Å². The smallest absolute Gasteiger partial charge is 0.338 e. The van der Waals surface area contributed by atoms with E-state index in [9.17, 15) is 9.18 Å². The zero-order valence-electron chi connectivity index (χ0n) is 10.2. The van der Waals surface area contributed by atoms with Gasteiger partial charge in [0.15, 0.2) is 0 Å². The summed E-state index contributed by atoms with van der Waals surface area (Å²) in [6.07, 6.45) is 0. The van der Waals surface area contributed by atoms with E-state index in [0.717, 1.165) is 6.07 Å². The van der Waals surface area contributed by atoms with Gasteiger partial charge in [-0.1, -0.05) is 23.2 Å². The molecule has 0 radical (unpaired) electrons. The van der Waals surface area contributed by atoms with Crippen LogP contribution >= 0.6 is 23.2 Å². The third-order valence-electron chi connectivity index (χ3n) is 2.60. The van der Waals surface area contributed by atoms with Gasteiger partial charge in [0.2, 0.25) is 0 Å². The molecule has 104 valence electrons. The molecule has 2 aromatic carbocycles. The highest BCUT2D eigenvalue weighted by atomic mass is 35.5. The average molecular weight is 314 g/mol. The molecule has 2 aromatic rings. The van der Waals surface area contributed by atoms with Crippen LogP contribution in [0.4, 0.5) is 10.1 Å². The predicted octanol–water partition coefficient (Wildman–Crippen LogP) is 4.07. The Bertz CT molecular complexity index is 662. The van der Waals surface area contributed by atoms with Crippen molar-refractivity contribution in [3.8, 4) is 0 Å². The molecule has 0 aliphatic carbocycles. The average Bonchev–Trinajstić information content (AvgIpc) is 2.42. The Balaban J connectivity index is 2.08. The van der Waals surface area contributed by atoms with Gasteiger partial charge < -0.3 is 10.5 Å². The molecule has 20 heavy (non-hydrogen) atoms. The Hall–Kier alpha value is -1.78. The quantitative estimate of drug-likeness (QED) is 0.686. The highest BCUT2D eigenvalue weighted by Crippen LogP contribution is 2.22. The van der Waals surface area contributed by atoms with Crippen LogP contribution in [0.5, 0.6) is 0 Å². The summed E-state index contributed by atoms with van der Waals surface area (Å²) in [5.74, 6) is -1.20. The maximum Gasteiger partial charge on any atom is 0.338 e. The minimum Gasteiger partial charge on any atom is -0.457 e. The molecule has 0 heterocycles. The maximum absolute atomic E-state index is 13.0. The lowest BCUT2D eigenvalue weighted by Gasteiger charge is -2.07. The summed E-state index contributed by atoms with van der Waals surface area (Å²) in [5.41, 5.74) is 6.03. The number of halogens is 3. The molecule has 2 rings (SSSR count). The molecule has 0 saturated heterocycles. The SMILES string of the molecule is Nc1cc(C(=O)OCc2cc(Cl)ccc2Cl)ccc1F. The van der Waals surface area contributed by atoms with Crippen molar-refractivity contribution in [1.82, 2.24) is 0 Å². The van der Waals surface area contributed by atoms with Crippen molar-refractivity contribution < 1.29 is 13.9 Å². The predicted molar refractivity (Wildman–Crippen MR) is 76.4 cm³/mol. The van der Waals surface area contributed by atoms with Gasteiger partial charge in [-0.15, -0.1) is 0 Å². The van der Waals surface area contributed by atoms with Crippen LogP contribution in [0.3, 0.4) is 0 Å². The van der Waals surface area contributed by atoms with E-state index in [2.05, 4.69) is 0 Å². The maximum atomic E-state index is 13.0. The van der Waals surface area contributed by atoms with E-state index in [-0.39, 0.29) is 17.9 Å². The Morgan fingerprint density at radius 3 is 2.65 bits per heavy atom. The van der Waals surface area contributed by atoms with E-state index in [1.807, 2.05) is 0 Å². The van der Waals surface area contributed by atoms with E-state index >= 15 is 0 Å². The van der Waals surface area contributed by atoms with Gasteiger partial charge in [0.1, 0.15) is 12.4 Å². The van der Waals surface area contributed by atoms with Gasteiger partial charge in [-0.05, 0) is 36.4 Å². The number of carbonyl (C=O) groups is 1. The van der Waals surface area contributed by atoms with E-state index in [1.54, 1.807) is 18.2 Å². The van der Waals surface area contributed by atoms with E-state index in [1.165, 1.54) is 12.1 Å². The van der Waals surface area contributed by atoms with Crippen molar-refractivity contribution in [3.63, 3.8) is 0 Å². The summed E-state index contributed by atoms with van der Waals surface area (Å²) in [6.45, 7) is -0.0322. The highest BCUT2D eigenvalue weighted by Gasteiger charge is 2.11. The summed E-state index contributed by atoms with van der Waals surface area (Å²) in [6, 6.07) is 8.48. The van der Waals surface area contributed by atoms with Crippen LogP contribution in [-0.2, 0) is 11.3 Å². The minimum atomic E-state index is -0.618. The minimum absolute atomic E-state index is 0.0322. The largest absolute Gasteiger partial charge is 0.457 e. The summed E-state index contributed by atoms with van der Waals surface area (Å²) in [7, 11) is 0. The molecule has 0 atom stereocenters. The molecule has 0 amide bonds. The normalized spacial score (nSPS) is 10.3. The zero-order valence-corrected chi connectivity index (χ0v) is 11.7. The molecule has 0 aromatic heterocycles. The molecule has 0 saturated carbocycles. The van der Waals surface area contributed by atoms with E-state index in [4.69, 9.17) is 33.7 Å². The molecule has 0 bridgehead atoms. The number of hydrogen-bond acceptors (Lipinski definition) is 3. The molecule has 3 nitrogen and oxygen atoms in total. The lowest BCUT2D eigenvalue weighted by Crippen LogP contribution is -2.06. The van der Waals surface area contributed by atoms with Gasteiger partial charge in [0, 0.05) is 15.6 Å². The molecule has 0 aliphatic rings. The second-order valence-electron chi connectivity index (χ2n) is 4.05. The van der Waals surface area contributed by atoms with Crippen LogP contribution in [0, 0.1) is 5.82 Å². The monoisotopic (exact) mass is 313 g/mol. The molecule has 2 N–H and O–H groups in total. The highest BCUT2D eigenvalue weighted by molar-refractivity contribution is 6.33. The van der Waals surface area contributed by atoms with Crippen LogP contribution in [0.25, 0.3) is 0 Å². The number of carbonyl (C=O) groups excluding carboxylic acids is 1. The number of benzene rings is 2. The third kappa shape index (κ3) is 3.40. The number of ether oxygens (including phenoxy) is 1. The van der Waals surface area contributed by atoms with Crippen LogP contribution in [-0.4, -0.2) is 5.97 Å². The number of hydrogen-bond donors (Lipinski definition) is 1. The molecule has 0 fully saturated rings. The summed E-state index contributed by atoms with van der Waals surface area (Å²) < 4.78 is 18.1. The molecule has 0 unspecified atom stereocenters. The first-order valence-corrected chi connectivity index (χ1v) is 6.39. The van der Waals surface area contributed by atoms with Crippen molar-refractivity contribution in [2.24, 2.45) is 0 Å². The van der Waals surface area contributed by atoms with Crippen LogP contribution in [0.1, 0.15) is 15.9 Å². The number of nitrogen functional groups attached to an aromatic ring is 1. The number of anilines is 1. The topological polar surface area (TPSA) is 52.3 Å². The fourth-order valence-electron chi connectivity index (χ4n) is 1.55. The number of esters is 1. The molecular weight excluding hydrogens is 304 g/mol. The summed E-state index contributed by atoms with van der Waals surface area (Å²) in [5, 5.41) is 0.937. The Kier molecular flexibility index (Phi) is 4.47. The van der Waals surface area contributed by atoms with Gasteiger partial charge in [-0.3, -0.25) is 0 Å². The first-order valence-electron chi connectivity index (χ1n) is 5.63. The second-order valence-corrected chi connectivity index (χ2v) is 4.89. The number of nitrogens with two attached hydrogens (primary N) is 1. The second kappa shape index (κ2) is 6.11. The molecule has 6 heteroatoms. The Morgan fingerprint density at radius 2 is 1.95 bits per heavy atom. The fraction of sp³-hybridized carbons (Fsp3) is 0.0714. The Morgan fingerprint density at radius 1 is 1.20 bits per heavy atom. The first-order chi connectivity index (χ1) is 9.47. The zero-order chi connectivity index (χ0) is 14.7. The van der Waals surface area contributed by atoms with Crippen molar-refractivity contribution in [3.05, 3.63) is 63.4 Å². The van der Waals surface area contributed by atoms with Gasteiger partial charge in [-0.2, -0.15) is 0 Å². The Labute approximate surface area is 125 Å². The van der Waals surface area contributed by atoms with Crippen molar-refractivity contribution in [2.45, 2.75) is 6.61 Å². The van der Waals surface area contributed by atoms with E-state index < -0.39 is 11.8 Å². The number of rotatable bonds is 3. The van der Waals surface area contributed by atoms with E-state index in [0.29, 0.717) is 15.6 Å². The molecule has 0 spiro atoms. The third-order valence-corrected chi connectivity index (χ3v) is 3.20. The van der Waals surface area contributed by atoms with Crippen LogP contribution in [0.15, 0.2) is 36.4 Å². The van der Waals surface area contributed by atoms with Crippen LogP contribution < -0.4 is 5.73 Å². The molecule has 0 aliphatic heterocycles. The fourth-order valence-corrected chi connectivity index (χ4v) is 1.92. The van der Waals surface area contributed by atoms with Gasteiger partial charge in [0.05, 0.1) is 11.3 Å². The lowest BCUT2D eigenvalue weighted by molar-refractivity contribution is 0.0473. The van der Waals surface area contributed by atoms with Gasteiger partial charge in [0.25, 0.3) is 0 Å². The summed E-state index contributed by atoms with van der Waals surface area (Å²) >= 11 is 11.8. The van der Waals surface area contributed by atoms with Crippen molar-refractivity contribution in [1.29, 1.82) is 0 Å².